The first-order valence-electron chi connectivity index (χ1n) is 6.63. The molecular weight excluding hydrogens is 237 g/mol. The summed E-state index contributed by atoms with van der Waals surface area (Å²) in [6.07, 6.45) is 4.19. The lowest BCUT2D eigenvalue weighted by atomic mass is 9.81. The first-order chi connectivity index (χ1) is 9.06. The van der Waals surface area contributed by atoms with E-state index in [2.05, 4.69) is 36.7 Å². The number of hydrogen-bond acceptors (Lipinski definition) is 2. The first-order valence-corrected chi connectivity index (χ1v) is 6.63. The molecule has 1 fully saturated rings. The fourth-order valence-electron chi connectivity index (χ4n) is 2.21. The highest BCUT2D eigenvalue weighted by Crippen LogP contribution is 2.26. The van der Waals surface area contributed by atoms with Gasteiger partial charge in [0.25, 0.3) is 0 Å². The highest BCUT2D eigenvalue weighted by molar-refractivity contribution is 6.61. The van der Waals surface area contributed by atoms with Crippen molar-refractivity contribution in [3.8, 4) is 5.69 Å². The maximum absolute atomic E-state index is 5.96. The second-order valence-electron chi connectivity index (χ2n) is 5.52. The van der Waals surface area contributed by atoms with Crippen molar-refractivity contribution in [2.24, 2.45) is 0 Å². The molecule has 1 aliphatic heterocycles. The molecule has 0 amide bonds. The van der Waals surface area contributed by atoms with Crippen molar-refractivity contribution in [3.05, 3.63) is 48.8 Å². The van der Waals surface area contributed by atoms with Crippen molar-refractivity contribution in [1.29, 1.82) is 0 Å². The molecule has 19 heavy (non-hydrogen) atoms. The Morgan fingerprint density at radius 2 is 1.89 bits per heavy atom. The quantitative estimate of drug-likeness (QED) is 0.769. The van der Waals surface area contributed by atoms with Crippen molar-refractivity contribution in [1.82, 2.24) is 4.57 Å². The van der Waals surface area contributed by atoms with Crippen molar-refractivity contribution in [3.63, 3.8) is 0 Å². The number of rotatable bonds is 2. The van der Waals surface area contributed by atoms with Crippen molar-refractivity contribution < 1.29 is 9.31 Å². The molecule has 0 bridgehead atoms. The minimum absolute atomic E-state index is 0.0950. The Morgan fingerprint density at radius 1 is 1.16 bits per heavy atom. The number of para-hydroxylation sites is 1. The van der Waals surface area contributed by atoms with Gasteiger partial charge >= 0.3 is 7.12 Å². The molecule has 3 nitrogen and oxygen atoms in total. The van der Waals surface area contributed by atoms with Gasteiger partial charge < -0.3 is 13.9 Å². The first kappa shape index (κ1) is 12.5. The molecule has 2 aromatic rings. The van der Waals surface area contributed by atoms with Crippen LogP contribution in [0.5, 0.6) is 0 Å². The summed E-state index contributed by atoms with van der Waals surface area (Å²) in [7, 11) is -0.269. The van der Waals surface area contributed by atoms with Gasteiger partial charge in [-0.25, -0.2) is 0 Å². The Morgan fingerprint density at radius 3 is 2.53 bits per heavy atom. The van der Waals surface area contributed by atoms with Gasteiger partial charge in [-0.15, -0.1) is 0 Å². The zero-order valence-corrected chi connectivity index (χ0v) is 11.5. The molecule has 0 radical (unpaired) electrons. The molecule has 3 rings (SSSR count). The summed E-state index contributed by atoms with van der Waals surface area (Å²) in [5, 5.41) is 0. The van der Waals surface area contributed by atoms with Crippen LogP contribution in [0.15, 0.2) is 48.8 Å². The average Bonchev–Trinajstić information content (AvgIpc) is 2.97. The van der Waals surface area contributed by atoms with E-state index in [-0.39, 0.29) is 18.8 Å². The van der Waals surface area contributed by atoms with E-state index in [1.165, 1.54) is 0 Å². The van der Waals surface area contributed by atoms with Crippen LogP contribution in [0.2, 0.25) is 0 Å². The van der Waals surface area contributed by atoms with E-state index in [9.17, 15) is 0 Å². The Kier molecular flexibility index (Phi) is 2.99. The maximum atomic E-state index is 5.96. The Labute approximate surface area is 114 Å². The zero-order valence-electron chi connectivity index (χ0n) is 11.5. The summed E-state index contributed by atoms with van der Waals surface area (Å²) in [6.45, 7) is 6.17. The van der Waals surface area contributed by atoms with Gasteiger partial charge in [0, 0.05) is 23.5 Å². The highest BCUT2D eigenvalue weighted by Gasteiger charge is 2.44. The van der Waals surface area contributed by atoms with Crippen LogP contribution < -0.4 is 5.46 Å². The molecule has 1 unspecified atom stereocenters. The predicted molar refractivity (Wildman–Crippen MR) is 76.9 cm³/mol. The summed E-state index contributed by atoms with van der Waals surface area (Å²) in [5.41, 5.74) is 1.96. The minimum atomic E-state index is -0.269. The van der Waals surface area contributed by atoms with Gasteiger partial charge in [0.1, 0.15) is 0 Å². The second-order valence-corrected chi connectivity index (χ2v) is 5.52. The van der Waals surface area contributed by atoms with Gasteiger partial charge in [-0.05, 0) is 39.0 Å². The van der Waals surface area contributed by atoms with E-state index < -0.39 is 0 Å². The summed E-state index contributed by atoms with van der Waals surface area (Å²) >= 11 is 0. The standard InChI is InChI=1S/C15H18BNO2/c1-12-15(2,3)19-16(18-12)13-9-10-17(11-13)14-7-5-4-6-8-14/h4-12H,1-3H3. The lowest BCUT2D eigenvalue weighted by Crippen LogP contribution is -2.34. The fraction of sp³-hybridized carbons (Fsp3) is 0.333. The van der Waals surface area contributed by atoms with Crippen LogP contribution in [0, 0.1) is 0 Å². The third-order valence-corrected chi connectivity index (χ3v) is 3.76. The number of aromatic nitrogens is 1. The number of hydrogen-bond donors (Lipinski definition) is 0. The van der Waals surface area contributed by atoms with Gasteiger partial charge in [0.15, 0.2) is 0 Å². The maximum Gasteiger partial charge on any atom is 0.496 e. The third kappa shape index (κ3) is 2.34. The van der Waals surface area contributed by atoms with E-state index in [1.54, 1.807) is 0 Å². The van der Waals surface area contributed by atoms with Crippen molar-refractivity contribution in [2.75, 3.05) is 0 Å². The van der Waals surface area contributed by atoms with Crippen LogP contribution in [0.25, 0.3) is 5.69 Å². The lowest BCUT2D eigenvalue weighted by molar-refractivity contribution is 0.0842. The summed E-state index contributed by atoms with van der Waals surface area (Å²) < 4.78 is 13.9. The van der Waals surface area contributed by atoms with Gasteiger partial charge in [0.2, 0.25) is 0 Å². The predicted octanol–water partition coefficient (Wildman–Crippen LogP) is 2.39. The molecule has 98 valence electrons. The van der Waals surface area contributed by atoms with E-state index in [0.717, 1.165) is 11.2 Å². The Balaban J connectivity index is 1.83. The number of benzene rings is 1. The van der Waals surface area contributed by atoms with Crippen LogP contribution in [-0.2, 0) is 9.31 Å². The van der Waals surface area contributed by atoms with Crippen LogP contribution in [0.3, 0.4) is 0 Å². The molecular formula is C15H18BNO2. The van der Waals surface area contributed by atoms with E-state index in [4.69, 9.17) is 9.31 Å². The molecule has 0 N–H and O–H groups in total. The highest BCUT2D eigenvalue weighted by atomic mass is 16.7. The van der Waals surface area contributed by atoms with Crippen molar-refractivity contribution in [2.45, 2.75) is 32.5 Å². The summed E-state index contributed by atoms with van der Waals surface area (Å²) in [6, 6.07) is 12.3. The molecule has 1 atom stereocenters. The molecule has 0 aliphatic carbocycles. The van der Waals surface area contributed by atoms with Gasteiger partial charge in [-0.1, -0.05) is 18.2 Å². The smallest absolute Gasteiger partial charge is 0.402 e. The molecule has 1 aliphatic rings. The topological polar surface area (TPSA) is 23.4 Å². The monoisotopic (exact) mass is 255 g/mol. The summed E-state index contributed by atoms with van der Waals surface area (Å²) in [4.78, 5) is 0. The van der Waals surface area contributed by atoms with Gasteiger partial charge in [0.05, 0.1) is 11.7 Å². The third-order valence-electron chi connectivity index (χ3n) is 3.76. The second kappa shape index (κ2) is 4.55. The van der Waals surface area contributed by atoms with Gasteiger partial charge in [-0.3, -0.25) is 0 Å². The Hall–Kier alpha value is -1.52. The molecule has 2 heterocycles. The zero-order chi connectivity index (χ0) is 13.5. The van der Waals surface area contributed by atoms with Gasteiger partial charge in [-0.2, -0.15) is 0 Å². The van der Waals surface area contributed by atoms with Crippen molar-refractivity contribution >= 4 is 12.6 Å². The van der Waals surface area contributed by atoms with Crippen LogP contribution in [-0.4, -0.2) is 23.4 Å². The average molecular weight is 255 g/mol. The van der Waals surface area contributed by atoms with Crippen LogP contribution >= 0.6 is 0 Å². The van der Waals surface area contributed by atoms with E-state index in [1.807, 2.05) is 37.4 Å². The normalized spacial score (nSPS) is 21.8. The minimum Gasteiger partial charge on any atom is -0.402 e. The van der Waals surface area contributed by atoms with Crippen LogP contribution in [0.1, 0.15) is 20.8 Å². The Bertz CT molecular complexity index is 565. The molecule has 1 saturated heterocycles. The molecule has 4 heteroatoms. The molecule has 1 aromatic heterocycles. The lowest BCUT2D eigenvalue weighted by Gasteiger charge is -2.21. The molecule has 0 spiro atoms. The number of nitrogens with zero attached hydrogens (tertiary/aromatic N) is 1. The fourth-order valence-corrected chi connectivity index (χ4v) is 2.21. The molecule has 0 saturated carbocycles. The van der Waals surface area contributed by atoms with E-state index >= 15 is 0 Å². The SMILES string of the molecule is CC1OB(c2ccn(-c3ccccc3)c2)OC1(C)C. The van der Waals surface area contributed by atoms with Crippen LogP contribution in [0.4, 0.5) is 0 Å². The largest absolute Gasteiger partial charge is 0.496 e. The summed E-state index contributed by atoms with van der Waals surface area (Å²) in [5.74, 6) is 0. The molecule has 1 aromatic carbocycles. The van der Waals surface area contributed by atoms with E-state index in [0.29, 0.717) is 0 Å².